The number of urea groups is 1. The highest BCUT2D eigenvalue weighted by molar-refractivity contribution is 6.00. The van der Waals surface area contributed by atoms with Crippen LogP contribution in [0.3, 0.4) is 0 Å². The molecule has 1 aliphatic heterocycles. The SMILES string of the molecule is COc1ccc(NC(=O)N(C)C[C@H]2Oc3ccc(NC(=O)C4CCCCC4)cc3C(=O)N([C@H](C)CO)C[C@@H]2C)cc1. The maximum atomic E-state index is 13.7. The number of benzene rings is 2. The molecule has 0 unspecified atom stereocenters. The summed E-state index contributed by atoms with van der Waals surface area (Å²) in [4.78, 5) is 42.8. The molecule has 2 aliphatic rings. The first-order chi connectivity index (χ1) is 19.7. The summed E-state index contributed by atoms with van der Waals surface area (Å²) < 4.78 is 11.6. The smallest absolute Gasteiger partial charge is 0.321 e. The predicted molar refractivity (Wildman–Crippen MR) is 157 cm³/mol. The predicted octanol–water partition coefficient (Wildman–Crippen LogP) is 4.60. The van der Waals surface area contributed by atoms with Gasteiger partial charge in [-0.2, -0.15) is 0 Å². The quantitative estimate of drug-likeness (QED) is 0.430. The van der Waals surface area contributed by atoms with Gasteiger partial charge in [-0.25, -0.2) is 4.79 Å². The van der Waals surface area contributed by atoms with E-state index in [1.165, 1.54) is 0 Å². The number of rotatable bonds is 8. The average molecular weight is 567 g/mol. The molecule has 0 aromatic heterocycles. The van der Waals surface area contributed by atoms with Gasteiger partial charge >= 0.3 is 6.03 Å². The van der Waals surface area contributed by atoms with E-state index < -0.39 is 12.1 Å². The second-order valence-electron chi connectivity index (χ2n) is 11.2. The van der Waals surface area contributed by atoms with Crippen LogP contribution in [0.1, 0.15) is 56.3 Å². The molecule has 4 amide bonds. The van der Waals surface area contributed by atoms with Crippen LogP contribution in [0.25, 0.3) is 0 Å². The third kappa shape index (κ3) is 7.49. The van der Waals surface area contributed by atoms with Gasteiger partial charge < -0.3 is 35.0 Å². The summed E-state index contributed by atoms with van der Waals surface area (Å²) in [7, 11) is 3.28. The van der Waals surface area contributed by atoms with Crippen LogP contribution < -0.4 is 20.1 Å². The summed E-state index contributed by atoms with van der Waals surface area (Å²) in [5.41, 5.74) is 1.49. The van der Waals surface area contributed by atoms with Crippen LogP contribution in [-0.4, -0.2) is 78.8 Å². The Morgan fingerprint density at radius 2 is 1.78 bits per heavy atom. The van der Waals surface area contributed by atoms with Crippen LogP contribution in [0.4, 0.5) is 16.2 Å². The number of amides is 4. The molecule has 10 nitrogen and oxygen atoms in total. The molecule has 1 saturated carbocycles. The van der Waals surface area contributed by atoms with Crippen molar-refractivity contribution in [2.24, 2.45) is 11.8 Å². The largest absolute Gasteiger partial charge is 0.497 e. The Kier molecular flexibility index (Phi) is 10.1. The molecular formula is C31H42N4O6. The van der Waals surface area contributed by atoms with Crippen LogP contribution in [0.2, 0.25) is 0 Å². The molecule has 0 spiro atoms. The molecule has 10 heteroatoms. The molecule has 3 N–H and O–H groups in total. The van der Waals surface area contributed by atoms with E-state index in [4.69, 9.17) is 9.47 Å². The van der Waals surface area contributed by atoms with Crippen LogP contribution in [-0.2, 0) is 4.79 Å². The number of fused-ring (bicyclic) bond motifs is 1. The standard InChI is InChI=1S/C31H42N4O6/c1-20-17-35(21(2)19-36)30(38)26-16-24(32-29(37)22-8-6-5-7-9-22)12-15-27(26)41-28(20)18-34(3)31(39)33-23-10-13-25(40-4)14-11-23/h10-16,20-22,28,36H,5-9,17-19H2,1-4H3,(H,32,37)(H,33,39)/t20-,21+,28+/m0/s1. The van der Waals surface area contributed by atoms with Crippen LogP contribution >= 0.6 is 0 Å². The molecule has 0 saturated heterocycles. The fourth-order valence-corrected chi connectivity index (χ4v) is 5.37. The minimum Gasteiger partial charge on any atom is -0.497 e. The zero-order valence-corrected chi connectivity index (χ0v) is 24.4. The van der Waals surface area contributed by atoms with E-state index in [-0.39, 0.29) is 42.8 Å². The average Bonchev–Trinajstić information content (AvgIpc) is 2.99. The van der Waals surface area contributed by atoms with E-state index in [0.29, 0.717) is 35.0 Å². The molecule has 222 valence electrons. The summed E-state index contributed by atoms with van der Waals surface area (Å²) in [5, 5.41) is 15.8. The van der Waals surface area contributed by atoms with Crippen LogP contribution in [0.5, 0.6) is 11.5 Å². The lowest BCUT2D eigenvalue weighted by Crippen LogP contribution is -2.50. The number of hydrogen-bond acceptors (Lipinski definition) is 6. The number of anilines is 2. The number of likely N-dealkylation sites (N-methyl/N-ethyl adjacent to an activating group) is 1. The van der Waals surface area contributed by atoms with E-state index in [0.717, 1.165) is 32.1 Å². The first kappa shape index (κ1) is 30.2. The lowest BCUT2D eigenvalue weighted by molar-refractivity contribution is -0.120. The first-order valence-corrected chi connectivity index (χ1v) is 14.4. The Morgan fingerprint density at radius 1 is 1.10 bits per heavy atom. The fraction of sp³-hybridized carbons (Fsp3) is 0.516. The van der Waals surface area contributed by atoms with Gasteiger partial charge in [-0.1, -0.05) is 26.2 Å². The second-order valence-corrected chi connectivity index (χ2v) is 11.2. The molecular weight excluding hydrogens is 524 g/mol. The Bertz CT molecular complexity index is 1210. The van der Waals surface area contributed by atoms with E-state index in [9.17, 15) is 19.5 Å². The van der Waals surface area contributed by atoms with Crippen molar-refractivity contribution in [1.82, 2.24) is 9.80 Å². The zero-order chi connectivity index (χ0) is 29.5. The van der Waals surface area contributed by atoms with Gasteiger partial charge in [0.1, 0.15) is 17.6 Å². The minimum atomic E-state index is -0.440. The highest BCUT2D eigenvalue weighted by Gasteiger charge is 2.34. The highest BCUT2D eigenvalue weighted by Crippen LogP contribution is 2.32. The van der Waals surface area contributed by atoms with E-state index in [2.05, 4.69) is 10.6 Å². The van der Waals surface area contributed by atoms with Gasteiger partial charge in [0.15, 0.2) is 0 Å². The van der Waals surface area contributed by atoms with Gasteiger partial charge in [0.2, 0.25) is 5.91 Å². The number of carbonyl (C=O) groups is 3. The van der Waals surface area contributed by atoms with Crippen LogP contribution in [0.15, 0.2) is 42.5 Å². The Labute approximate surface area is 242 Å². The topological polar surface area (TPSA) is 120 Å². The van der Waals surface area contributed by atoms with Gasteiger partial charge in [-0.15, -0.1) is 0 Å². The lowest BCUT2D eigenvalue weighted by Gasteiger charge is -2.38. The number of ether oxygens (including phenoxy) is 2. The Hall–Kier alpha value is -3.79. The maximum absolute atomic E-state index is 13.7. The first-order valence-electron chi connectivity index (χ1n) is 14.4. The molecule has 2 aromatic carbocycles. The van der Waals surface area contributed by atoms with Crippen molar-refractivity contribution in [3.05, 3.63) is 48.0 Å². The highest BCUT2D eigenvalue weighted by atomic mass is 16.5. The van der Waals surface area contributed by atoms with Crippen molar-refractivity contribution < 1.29 is 29.0 Å². The summed E-state index contributed by atoms with van der Waals surface area (Å²) in [6, 6.07) is 11.4. The van der Waals surface area contributed by atoms with Gasteiger partial charge in [-0.05, 0) is 62.2 Å². The van der Waals surface area contributed by atoms with Gasteiger partial charge in [0.05, 0.1) is 31.9 Å². The molecule has 41 heavy (non-hydrogen) atoms. The maximum Gasteiger partial charge on any atom is 0.321 e. The molecule has 1 heterocycles. The summed E-state index contributed by atoms with van der Waals surface area (Å²) in [5.74, 6) is 0.601. The number of carbonyl (C=O) groups excluding carboxylic acids is 3. The summed E-state index contributed by atoms with van der Waals surface area (Å²) in [6.45, 7) is 4.16. The molecule has 1 aliphatic carbocycles. The molecule has 0 radical (unpaired) electrons. The molecule has 3 atom stereocenters. The zero-order valence-electron chi connectivity index (χ0n) is 24.4. The van der Waals surface area contributed by atoms with Gasteiger partial charge in [-0.3, -0.25) is 9.59 Å². The van der Waals surface area contributed by atoms with E-state index in [1.807, 2.05) is 6.92 Å². The number of nitrogens with one attached hydrogen (secondary N) is 2. The number of hydrogen-bond donors (Lipinski definition) is 3. The molecule has 1 fully saturated rings. The summed E-state index contributed by atoms with van der Waals surface area (Å²) >= 11 is 0. The molecule has 4 rings (SSSR count). The number of methoxy groups -OCH3 is 1. The number of nitrogens with zero attached hydrogens (tertiary/aromatic N) is 2. The van der Waals surface area contributed by atoms with Crippen molar-refractivity contribution in [3.8, 4) is 11.5 Å². The monoisotopic (exact) mass is 566 g/mol. The molecule has 0 bridgehead atoms. The van der Waals surface area contributed by atoms with Gasteiger partial charge in [0.25, 0.3) is 5.91 Å². The Morgan fingerprint density at radius 3 is 2.44 bits per heavy atom. The van der Waals surface area contributed by atoms with Crippen molar-refractivity contribution in [2.45, 2.75) is 58.1 Å². The number of aliphatic hydroxyl groups is 1. The normalized spacial score (nSPS) is 20.1. The number of aliphatic hydroxyl groups excluding tert-OH is 1. The Balaban J connectivity index is 1.53. The summed E-state index contributed by atoms with van der Waals surface area (Å²) in [6.07, 6.45) is 4.57. The second kappa shape index (κ2) is 13.7. The van der Waals surface area contributed by atoms with Crippen molar-refractivity contribution >= 4 is 29.2 Å². The van der Waals surface area contributed by atoms with E-state index in [1.54, 1.807) is 73.3 Å². The minimum absolute atomic E-state index is 0.0200. The van der Waals surface area contributed by atoms with Gasteiger partial charge in [0, 0.05) is 36.8 Å². The fourth-order valence-electron chi connectivity index (χ4n) is 5.37. The van der Waals surface area contributed by atoms with E-state index >= 15 is 0 Å². The third-order valence-electron chi connectivity index (χ3n) is 8.05. The molecule has 2 aromatic rings. The van der Waals surface area contributed by atoms with Crippen molar-refractivity contribution in [3.63, 3.8) is 0 Å². The van der Waals surface area contributed by atoms with Crippen LogP contribution in [0, 0.1) is 11.8 Å². The lowest BCUT2D eigenvalue weighted by atomic mass is 9.88. The third-order valence-corrected chi connectivity index (χ3v) is 8.05. The van der Waals surface area contributed by atoms with Crippen molar-refractivity contribution in [1.29, 1.82) is 0 Å². The van der Waals surface area contributed by atoms with Crippen molar-refractivity contribution in [2.75, 3.05) is 44.5 Å².